The van der Waals surface area contributed by atoms with Crippen LogP contribution >= 0.6 is 0 Å². The lowest BCUT2D eigenvalue weighted by atomic mass is 10.1. The number of pyridine rings is 1. The van der Waals surface area contributed by atoms with Gasteiger partial charge in [-0.2, -0.15) is 0 Å². The number of ether oxygens (including phenoxy) is 1. The first-order chi connectivity index (χ1) is 11.6. The molecule has 0 unspecified atom stereocenters. The van der Waals surface area contributed by atoms with Gasteiger partial charge in [0.2, 0.25) is 0 Å². The third kappa shape index (κ3) is 4.25. The second kappa shape index (κ2) is 8.34. The van der Waals surface area contributed by atoms with Crippen molar-refractivity contribution in [1.82, 2.24) is 9.88 Å². The molecule has 24 heavy (non-hydrogen) atoms. The van der Waals surface area contributed by atoms with Gasteiger partial charge in [-0.05, 0) is 43.2 Å². The number of nitrogens with zero attached hydrogens (tertiary/aromatic N) is 2. The number of aromatic hydroxyl groups is 1. The molecule has 5 nitrogen and oxygen atoms in total. The van der Waals surface area contributed by atoms with E-state index in [0.717, 1.165) is 17.7 Å². The first-order valence-electron chi connectivity index (χ1n) is 8.13. The van der Waals surface area contributed by atoms with E-state index in [-0.39, 0.29) is 17.2 Å². The molecule has 0 bridgehead atoms. The average molecular weight is 328 g/mol. The number of hydrogen-bond acceptors (Lipinski definition) is 4. The molecule has 0 saturated heterocycles. The number of phenols is 1. The minimum Gasteiger partial charge on any atom is -0.504 e. The molecule has 2 aromatic rings. The largest absolute Gasteiger partial charge is 0.504 e. The maximum absolute atomic E-state index is 12.9. The van der Waals surface area contributed by atoms with E-state index < -0.39 is 0 Å². The molecular formula is C19H24N2O3. The normalized spacial score (nSPS) is 10.5. The Kier molecular flexibility index (Phi) is 6.18. The summed E-state index contributed by atoms with van der Waals surface area (Å²) in [6.07, 6.45) is 3.27. The lowest BCUT2D eigenvalue weighted by molar-refractivity contribution is 0.0753. The zero-order chi connectivity index (χ0) is 17.5. The molecule has 1 heterocycles. The Morgan fingerprint density at radius 3 is 2.71 bits per heavy atom. The standard InChI is InChI=1S/C19H24N2O3/c1-4-10-21(11-8-15-7-5-6-9-20-15)19(23)16-12-14(2)13-17(24-3)18(16)22/h5-7,9,12-13,22H,4,8,10-11H2,1-3H3. The van der Waals surface area contributed by atoms with Crippen molar-refractivity contribution < 1.29 is 14.6 Å². The summed E-state index contributed by atoms with van der Waals surface area (Å²) >= 11 is 0. The number of phenolic OH excluding ortho intramolecular Hbond substituents is 1. The fraction of sp³-hybridized carbons (Fsp3) is 0.368. The highest BCUT2D eigenvalue weighted by Crippen LogP contribution is 2.32. The molecule has 2 rings (SSSR count). The topological polar surface area (TPSA) is 62.7 Å². The summed E-state index contributed by atoms with van der Waals surface area (Å²) in [5, 5.41) is 10.3. The molecule has 0 spiro atoms. The van der Waals surface area contributed by atoms with Crippen LogP contribution < -0.4 is 4.74 Å². The Morgan fingerprint density at radius 2 is 2.08 bits per heavy atom. The van der Waals surface area contributed by atoms with Crippen molar-refractivity contribution in [1.29, 1.82) is 0 Å². The van der Waals surface area contributed by atoms with Crippen LogP contribution in [0.25, 0.3) is 0 Å². The first-order valence-corrected chi connectivity index (χ1v) is 8.13. The minimum absolute atomic E-state index is 0.105. The van der Waals surface area contributed by atoms with E-state index in [1.807, 2.05) is 32.0 Å². The number of aromatic nitrogens is 1. The van der Waals surface area contributed by atoms with E-state index in [2.05, 4.69) is 4.98 Å². The van der Waals surface area contributed by atoms with Gasteiger partial charge in [-0.15, -0.1) is 0 Å². The fourth-order valence-electron chi connectivity index (χ4n) is 2.61. The zero-order valence-electron chi connectivity index (χ0n) is 14.5. The second-order valence-corrected chi connectivity index (χ2v) is 5.73. The highest BCUT2D eigenvalue weighted by Gasteiger charge is 2.21. The van der Waals surface area contributed by atoms with Crippen molar-refractivity contribution in [3.63, 3.8) is 0 Å². The fourth-order valence-corrected chi connectivity index (χ4v) is 2.61. The number of carbonyl (C=O) groups is 1. The highest BCUT2D eigenvalue weighted by molar-refractivity contribution is 5.98. The van der Waals surface area contributed by atoms with Gasteiger partial charge >= 0.3 is 0 Å². The first kappa shape index (κ1) is 17.8. The van der Waals surface area contributed by atoms with E-state index in [9.17, 15) is 9.90 Å². The van der Waals surface area contributed by atoms with Crippen LogP contribution in [0.2, 0.25) is 0 Å². The van der Waals surface area contributed by atoms with Crippen molar-refractivity contribution in [2.45, 2.75) is 26.7 Å². The van der Waals surface area contributed by atoms with Crippen LogP contribution in [0, 0.1) is 6.92 Å². The number of methoxy groups -OCH3 is 1. The molecule has 0 aliphatic carbocycles. The number of rotatable bonds is 7. The molecule has 1 amide bonds. The van der Waals surface area contributed by atoms with Crippen LogP contribution in [0.1, 0.15) is 35.0 Å². The van der Waals surface area contributed by atoms with Crippen molar-refractivity contribution in [3.8, 4) is 11.5 Å². The Balaban J connectivity index is 2.21. The number of benzene rings is 1. The molecule has 1 aromatic carbocycles. The quantitative estimate of drug-likeness (QED) is 0.848. The van der Waals surface area contributed by atoms with Gasteiger partial charge in [0, 0.05) is 31.4 Å². The Labute approximate surface area is 142 Å². The monoisotopic (exact) mass is 328 g/mol. The predicted octanol–water partition coefficient (Wildman–Crippen LogP) is 3.20. The highest BCUT2D eigenvalue weighted by atomic mass is 16.5. The smallest absolute Gasteiger partial charge is 0.257 e. The lowest BCUT2D eigenvalue weighted by Crippen LogP contribution is -2.34. The lowest BCUT2D eigenvalue weighted by Gasteiger charge is -2.23. The molecule has 1 aromatic heterocycles. The summed E-state index contributed by atoms with van der Waals surface area (Å²) in [7, 11) is 1.48. The zero-order valence-corrected chi connectivity index (χ0v) is 14.5. The summed E-state index contributed by atoms with van der Waals surface area (Å²) in [6, 6.07) is 9.16. The molecule has 0 fully saturated rings. The molecule has 0 radical (unpaired) electrons. The summed E-state index contributed by atoms with van der Waals surface area (Å²) in [6.45, 7) is 5.08. The maximum atomic E-state index is 12.9. The minimum atomic E-state index is -0.188. The van der Waals surface area contributed by atoms with Gasteiger partial charge in [0.1, 0.15) is 0 Å². The van der Waals surface area contributed by atoms with Crippen LogP contribution in [-0.2, 0) is 6.42 Å². The average Bonchev–Trinajstić information content (AvgIpc) is 2.60. The molecule has 0 atom stereocenters. The van der Waals surface area contributed by atoms with Gasteiger partial charge in [0.05, 0.1) is 12.7 Å². The molecule has 0 aliphatic rings. The summed E-state index contributed by atoms with van der Waals surface area (Å²) < 4.78 is 5.15. The number of aryl methyl sites for hydroxylation is 1. The van der Waals surface area contributed by atoms with Crippen molar-refractivity contribution in [3.05, 3.63) is 53.3 Å². The van der Waals surface area contributed by atoms with Crippen LogP contribution in [0.4, 0.5) is 0 Å². The Hall–Kier alpha value is -2.56. The number of hydrogen-bond donors (Lipinski definition) is 1. The molecule has 128 valence electrons. The van der Waals surface area contributed by atoms with Gasteiger partial charge < -0.3 is 14.7 Å². The van der Waals surface area contributed by atoms with E-state index in [1.165, 1.54) is 7.11 Å². The van der Waals surface area contributed by atoms with Crippen LogP contribution in [0.15, 0.2) is 36.5 Å². The van der Waals surface area contributed by atoms with E-state index in [0.29, 0.717) is 25.3 Å². The van der Waals surface area contributed by atoms with Crippen LogP contribution in [-0.4, -0.2) is 41.1 Å². The number of carbonyl (C=O) groups excluding carboxylic acids is 1. The van der Waals surface area contributed by atoms with Crippen molar-refractivity contribution >= 4 is 5.91 Å². The maximum Gasteiger partial charge on any atom is 0.257 e. The van der Waals surface area contributed by atoms with E-state index in [1.54, 1.807) is 23.2 Å². The van der Waals surface area contributed by atoms with Crippen LogP contribution in [0.3, 0.4) is 0 Å². The summed E-state index contributed by atoms with van der Waals surface area (Å²) in [5.74, 6) is 0.0267. The van der Waals surface area contributed by atoms with Crippen molar-refractivity contribution in [2.24, 2.45) is 0 Å². The molecule has 5 heteroatoms. The Morgan fingerprint density at radius 1 is 1.29 bits per heavy atom. The molecule has 0 saturated carbocycles. The molecule has 1 N–H and O–H groups in total. The predicted molar refractivity (Wildman–Crippen MR) is 93.5 cm³/mol. The van der Waals surface area contributed by atoms with Gasteiger partial charge in [-0.25, -0.2) is 0 Å². The number of amides is 1. The van der Waals surface area contributed by atoms with Crippen molar-refractivity contribution in [2.75, 3.05) is 20.2 Å². The second-order valence-electron chi connectivity index (χ2n) is 5.73. The van der Waals surface area contributed by atoms with Crippen LogP contribution in [0.5, 0.6) is 11.5 Å². The Bertz CT molecular complexity index is 687. The molecular weight excluding hydrogens is 304 g/mol. The van der Waals surface area contributed by atoms with Gasteiger partial charge in [0.25, 0.3) is 5.91 Å². The van der Waals surface area contributed by atoms with Gasteiger partial charge in [0.15, 0.2) is 11.5 Å². The van der Waals surface area contributed by atoms with E-state index in [4.69, 9.17) is 4.74 Å². The summed E-state index contributed by atoms with van der Waals surface area (Å²) in [5.41, 5.74) is 2.09. The van der Waals surface area contributed by atoms with E-state index >= 15 is 0 Å². The molecule has 0 aliphatic heterocycles. The summed E-state index contributed by atoms with van der Waals surface area (Å²) in [4.78, 5) is 18.9. The third-order valence-electron chi connectivity index (χ3n) is 3.81. The SMILES string of the molecule is CCCN(CCc1ccccn1)C(=O)c1cc(C)cc(OC)c1O. The van der Waals surface area contributed by atoms with Gasteiger partial charge in [-0.1, -0.05) is 13.0 Å². The van der Waals surface area contributed by atoms with Gasteiger partial charge in [-0.3, -0.25) is 9.78 Å². The third-order valence-corrected chi connectivity index (χ3v) is 3.81.